The molecule has 0 aliphatic carbocycles. The van der Waals surface area contributed by atoms with Gasteiger partial charge in [0.2, 0.25) is 0 Å². The highest BCUT2D eigenvalue weighted by Crippen LogP contribution is 2.37. The van der Waals surface area contributed by atoms with Gasteiger partial charge in [0.1, 0.15) is 11.5 Å². The number of nitrogens with one attached hydrogen (secondary N) is 2. The highest BCUT2D eigenvalue weighted by molar-refractivity contribution is 6.03. The molecule has 0 atom stereocenters. The predicted molar refractivity (Wildman–Crippen MR) is 90.2 cm³/mol. The fourth-order valence-electron chi connectivity index (χ4n) is 2.59. The number of phenols is 1. The largest absolute Gasteiger partial charge is 0.508 e. The fraction of sp³-hybridized carbons (Fsp3) is 0. The van der Waals surface area contributed by atoms with E-state index in [-0.39, 0.29) is 11.5 Å². The molecule has 3 aromatic heterocycles. The molecule has 0 unspecified atom stereocenters. The van der Waals surface area contributed by atoms with Crippen LogP contribution in [0.2, 0.25) is 0 Å². The highest BCUT2D eigenvalue weighted by atomic mass is 16.3. The van der Waals surface area contributed by atoms with Crippen molar-refractivity contribution < 1.29 is 10.2 Å². The molecule has 118 valence electrons. The minimum absolute atomic E-state index is 0.0728. The minimum atomic E-state index is 0.0728. The zero-order valence-electron chi connectivity index (χ0n) is 12.4. The molecule has 3 heterocycles. The number of hydrogen-bond acceptors (Lipinski definition) is 6. The van der Waals surface area contributed by atoms with Crippen molar-refractivity contribution in [3.05, 3.63) is 55.1 Å². The smallest absolute Gasteiger partial charge is 0.162 e. The van der Waals surface area contributed by atoms with E-state index in [2.05, 4.69) is 25.5 Å². The van der Waals surface area contributed by atoms with Crippen molar-refractivity contribution in [2.75, 3.05) is 5.32 Å². The quantitative estimate of drug-likeness (QED) is 0.432. The monoisotopic (exact) mass is 319 g/mol. The molecular weight excluding hydrogens is 306 g/mol. The molecule has 0 spiro atoms. The third-order valence-electron chi connectivity index (χ3n) is 3.71. The number of H-pyrrole nitrogens is 1. The summed E-state index contributed by atoms with van der Waals surface area (Å²) in [5.41, 5.74) is 3.57. The van der Waals surface area contributed by atoms with E-state index in [1.165, 1.54) is 6.20 Å². The van der Waals surface area contributed by atoms with E-state index in [9.17, 15) is 10.2 Å². The standard InChI is InChI=1S/C17H13N5O2/c23-11-3-1-10(2-4-11)21-14-8-19-17-16(14)13(7-20-22-17)12-5-6-18-9-15(12)24/h1-9,21,23-24H,(H,19,22). The Morgan fingerprint density at radius 3 is 2.58 bits per heavy atom. The van der Waals surface area contributed by atoms with E-state index in [1.807, 2.05) is 0 Å². The third-order valence-corrected chi connectivity index (χ3v) is 3.71. The Morgan fingerprint density at radius 1 is 0.958 bits per heavy atom. The summed E-state index contributed by atoms with van der Waals surface area (Å²) in [4.78, 5) is 6.97. The summed E-state index contributed by atoms with van der Waals surface area (Å²) in [6.45, 7) is 0. The number of aromatic hydroxyl groups is 2. The maximum absolute atomic E-state index is 10.1. The number of phenolic OH excluding ortho intramolecular Hbond substituents is 1. The summed E-state index contributed by atoms with van der Waals surface area (Å²) in [7, 11) is 0. The van der Waals surface area contributed by atoms with E-state index in [4.69, 9.17) is 0 Å². The summed E-state index contributed by atoms with van der Waals surface area (Å²) in [6, 6.07) is 8.47. The van der Waals surface area contributed by atoms with Gasteiger partial charge in [-0.1, -0.05) is 0 Å². The van der Waals surface area contributed by atoms with E-state index in [0.717, 1.165) is 22.3 Å². The van der Waals surface area contributed by atoms with Crippen LogP contribution in [0.15, 0.2) is 55.1 Å². The first kappa shape index (κ1) is 14.0. The van der Waals surface area contributed by atoms with Gasteiger partial charge in [0.05, 0.1) is 23.5 Å². The van der Waals surface area contributed by atoms with Crippen molar-refractivity contribution >= 4 is 22.4 Å². The number of aromatic nitrogens is 4. The first-order valence-corrected chi connectivity index (χ1v) is 7.24. The number of aromatic amines is 1. The lowest BCUT2D eigenvalue weighted by atomic mass is 10.0. The molecule has 0 fully saturated rings. The number of hydrogen-bond donors (Lipinski definition) is 4. The van der Waals surface area contributed by atoms with Gasteiger partial charge in [-0.15, -0.1) is 5.10 Å². The van der Waals surface area contributed by atoms with Gasteiger partial charge in [-0.2, -0.15) is 5.10 Å². The molecule has 4 N–H and O–H groups in total. The number of nitrogens with zero attached hydrogens (tertiary/aromatic N) is 3. The second kappa shape index (κ2) is 5.54. The topological polar surface area (TPSA) is 107 Å². The normalized spacial score (nSPS) is 10.8. The Balaban J connectivity index is 1.86. The Hall–Kier alpha value is -3.61. The third kappa shape index (κ3) is 2.38. The second-order valence-corrected chi connectivity index (χ2v) is 5.25. The van der Waals surface area contributed by atoms with Crippen LogP contribution in [0.4, 0.5) is 11.4 Å². The molecule has 0 saturated heterocycles. The summed E-state index contributed by atoms with van der Waals surface area (Å²) in [5, 5.41) is 31.7. The molecule has 0 radical (unpaired) electrons. The number of anilines is 2. The van der Waals surface area contributed by atoms with Crippen LogP contribution in [0, 0.1) is 0 Å². The van der Waals surface area contributed by atoms with E-state index >= 15 is 0 Å². The van der Waals surface area contributed by atoms with Gasteiger partial charge < -0.3 is 20.5 Å². The SMILES string of the molecule is Oc1ccc(Nc2c[nH]c3nncc(-c4ccncc4O)c23)cc1. The van der Waals surface area contributed by atoms with Crippen molar-refractivity contribution in [2.24, 2.45) is 0 Å². The number of fused-ring (bicyclic) bond motifs is 1. The Kier molecular flexibility index (Phi) is 3.24. The van der Waals surface area contributed by atoms with E-state index < -0.39 is 0 Å². The van der Waals surface area contributed by atoms with Crippen LogP contribution in [-0.4, -0.2) is 30.4 Å². The van der Waals surface area contributed by atoms with Crippen LogP contribution in [0.3, 0.4) is 0 Å². The number of benzene rings is 1. The lowest BCUT2D eigenvalue weighted by Crippen LogP contribution is -1.92. The van der Waals surface area contributed by atoms with Crippen molar-refractivity contribution in [3.8, 4) is 22.6 Å². The summed E-state index contributed by atoms with van der Waals surface area (Å²) < 4.78 is 0. The number of rotatable bonds is 3. The van der Waals surface area contributed by atoms with Crippen LogP contribution >= 0.6 is 0 Å². The van der Waals surface area contributed by atoms with Crippen molar-refractivity contribution in [2.45, 2.75) is 0 Å². The fourth-order valence-corrected chi connectivity index (χ4v) is 2.59. The van der Waals surface area contributed by atoms with Gasteiger partial charge in [-0.3, -0.25) is 4.98 Å². The first-order valence-electron chi connectivity index (χ1n) is 7.24. The van der Waals surface area contributed by atoms with Gasteiger partial charge >= 0.3 is 0 Å². The summed E-state index contributed by atoms with van der Waals surface area (Å²) in [5.74, 6) is 0.274. The summed E-state index contributed by atoms with van der Waals surface area (Å²) in [6.07, 6.45) is 6.39. The zero-order chi connectivity index (χ0) is 16.5. The lowest BCUT2D eigenvalue weighted by molar-refractivity contribution is 0.474. The molecule has 0 aliphatic heterocycles. The average molecular weight is 319 g/mol. The van der Waals surface area contributed by atoms with Crippen LogP contribution in [-0.2, 0) is 0 Å². The predicted octanol–water partition coefficient (Wildman–Crippen LogP) is 3.17. The van der Waals surface area contributed by atoms with Crippen molar-refractivity contribution in [1.82, 2.24) is 20.2 Å². The van der Waals surface area contributed by atoms with Gasteiger partial charge in [-0.25, -0.2) is 0 Å². The first-order chi connectivity index (χ1) is 11.7. The molecule has 4 rings (SSSR count). The lowest BCUT2D eigenvalue weighted by Gasteiger charge is -2.09. The molecule has 24 heavy (non-hydrogen) atoms. The van der Waals surface area contributed by atoms with Crippen LogP contribution < -0.4 is 5.32 Å². The molecule has 0 aliphatic rings. The van der Waals surface area contributed by atoms with Crippen LogP contribution in [0.1, 0.15) is 0 Å². The molecule has 1 aromatic carbocycles. The molecule has 7 heteroatoms. The zero-order valence-corrected chi connectivity index (χ0v) is 12.4. The van der Waals surface area contributed by atoms with Gasteiger partial charge in [0.25, 0.3) is 0 Å². The average Bonchev–Trinajstić information content (AvgIpc) is 3.01. The Bertz CT molecular complexity index is 1010. The summed E-state index contributed by atoms with van der Waals surface area (Å²) >= 11 is 0. The van der Waals surface area contributed by atoms with Crippen LogP contribution in [0.5, 0.6) is 11.5 Å². The Morgan fingerprint density at radius 2 is 1.79 bits per heavy atom. The maximum atomic E-state index is 10.1. The molecule has 7 nitrogen and oxygen atoms in total. The highest BCUT2D eigenvalue weighted by Gasteiger charge is 2.15. The van der Waals surface area contributed by atoms with Crippen molar-refractivity contribution in [1.29, 1.82) is 0 Å². The van der Waals surface area contributed by atoms with Crippen molar-refractivity contribution in [3.63, 3.8) is 0 Å². The second-order valence-electron chi connectivity index (χ2n) is 5.25. The molecule has 0 bridgehead atoms. The minimum Gasteiger partial charge on any atom is -0.508 e. The molecule has 4 aromatic rings. The van der Waals surface area contributed by atoms with Gasteiger partial charge in [-0.05, 0) is 30.3 Å². The molecular formula is C17H13N5O2. The molecule has 0 amide bonds. The van der Waals surface area contributed by atoms with E-state index in [1.54, 1.807) is 48.9 Å². The van der Waals surface area contributed by atoms with Gasteiger partial charge in [0, 0.05) is 29.2 Å². The molecule has 0 saturated carbocycles. The number of pyridine rings is 1. The Labute approximate surface area is 136 Å². The van der Waals surface area contributed by atoms with Gasteiger partial charge in [0.15, 0.2) is 5.65 Å². The maximum Gasteiger partial charge on any atom is 0.162 e. The van der Waals surface area contributed by atoms with Crippen LogP contribution in [0.25, 0.3) is 22.2 Å². The van der Waals surface area contributed by atoms with E-state index in [0.29, 0.717) is 11.2 Å².